The zero-order valence-corrected chi connectivity index (χ0v) is 12.2. The summed E-state index contributed by atoms with van der Waals surface area (Å²) in [4.78, 5) is 14.8. The van der Waals surface area contributed by atoms with Crippen LogP contribution in [0.2, 0.25) is 0 Å². The van der Waals surface area contributed by atoms with Gasteiger partial charge in [0.05, 0.1) is 6.61 Å². The van der Waals surface area contributed by atoms with E-state index in [1.165, 1.54) is 0 Å². The highest BCUT2D eigenvalue weighted by atomic mass is 16.5. The summed E-state index contributed by atoms with van der Waals surface area (Å²) in [7, 11) is 0. The van der Waals surface area contributed by atoms with E-state index >= 15 is 0 Å². The molecule has 1 rings (SSSR count). The molecule has 0 amide bonds. The number of hydrogen-bond donors (Lipinski definition) is 2. The third kappa shape index (κ3) is 4.20. The fourth-order valence-electron chi connectivity index (χ4n) is 1.67. The molecule has 1 heterocycles. The van der Waals surface area contributed by atoms with Crippen LogP contribution in [0.5, 0.6) is 6.01 Å². The molecule has 0 bridgehead atoms. The number of ether oxygens (including phenoxy) is 1. The number of nitrogen functional groups attached to an aromatic ring is 1. The van der Waals surface area contributed by atoms with E-state index < -0.39 is 0 Å². The number of nitrogens with one attached hydrogen (secondary N) is 1. The minimum absolute atomic E-state index is 0.307. The van der Waals surface area contributed by atoms with E-state index in [2.05, 4.69) is 46.0 Å². The Morgan fingerprint density at radius 2 is 2.00 bits per heavy atom. The zero-order chi connectivity index (χ0) is 14.3. The van der Waals surface area contributed by atoms with Crippen molar-refractivity contribution in [3.8, 4) is 6.01 Å². The predicted octanol–water partition coefficient (Wildman–Crippen LogP) is 1.57. The highest BCUT2D eigenvalue weighted by Crippen LogP contribution is 2.17. The predicted molar refractivity (Wildman–Crippen MR) is 76.2 cm³/mol. The second-order valence-corrected chi connectivity index (χ2v) is 4.28. The molecule has 108 valence electrons. The number of anilines is 2. The average Bonchev–Trinajstić information content (AvgIpc) is 2.45. The van der Waals surface area contributed by atoms with Gasteiger partial charge in [-0.3, -0.25) is 5.43 Å². The molecule has 1 aromatic rings. The van der Waals surface area contributed by atoms with Gasteiger partial charge < -0.3 is 9.64 Å². The average molecular weight is 268 g/mol. The van der Waals surface area contributed by atoms with Crippen LogP contribution in [-0.4, -0.2) is 34.1 Å². The van der Waals surface area contributed by atoms with Gasteiger partial charge in [0.15, 0.2) is 0 Å². The maximum absolute atomic E-state index is 5.46. The molecule has 0 spiro atoms. The summed E-state index contributed by atoms with van der Waals surface area (Å²) in [5, 5.41) is 0. The van der Waals surface area contributed by atoms with Gasteiger partial charge >= 0.3 is 6.01 Å². The largest absolute Gasteiger partial charge is 0.463 e. The fourth-order valence-corrected chi connectivity index (χ4v) is 1.67. The summed E-state index contributed by atoms with van der Waals surface area (Å²) in [5.41, 5.74) is 2.45. The molecule has 1 aromatic heterocycles. The van der Waals surface area contributed by atoms with Crippen molar-refractivity contribution in [2.24, 2.45) is 5.84 Å². The summed E-state index contributed by atoms with van der Waals surface area (Å²) < 4.78 is 5.46. The topological polar surface area (TPSA) is 89.2 Å². The molecule has 0 aromatic carbocycles. The van der Waals surface area contributed by atoms with E-state index in [9.17, 15) is 0 Å². The molecule has 0 fully saturated rings. The van der Waals surface area contributed by atoms with Gasteiger partial charge in [-0.15, -0.1) is 0 Å². The number of aromatic nitrogens is 3. The lowest BCUT2D eigenvalue weighted by Crippen LogP contribution is -2.34. The molecular weight excluding hydrogens is 244 g/mol. The number of hydrogen-bond acceptors (Lipinski definition) is 7. The van der Waals surface area contributed by atoms with Crippen LogP contribution in [0, 0.1) is 0 Å². The maximum Gasteiger partial charge on any atom is 0.323 e. The first-order chi connectivity index (χ1) is 9.15. The van der Waals surface area contributed by atoms with Crippen LogP contribution in [0.15, 0.2) is 0 Å². The molecule has 7 nitrogen and oxygen atoms in total. The van der Waals surface area contributed by atoms with E-state index in [1.807, 2.05) is 6.92 Å². The molecule has 0 aliphatic heterocycles. The van der Waals surface area contributed by atoms with E-state index in [-0.39, 0.29) is 0 Å². The standard InChI is InChI=1S/C12H24N6O/c1-5-8-19-12-15-10(17-13)14-11(16-12)18(7-3)9(4)6-2/h9H,5-8,13H2,1-4H3,(H,14,15,16,17). The molecule has 0 saturated carbocycles. The summed E-state index contributed by atoms with van der Waals surface area (Å²) in [6.07, 6.45) is 1.91. The second kappa shape index (κ2) is 7.73. The SMILES string of the molecule is CCCOc1nc(NN)nc(N(CC)C(C)CC)n1. The highest BCUT2D eigenvalue weighted by molar-refractivity contribution is 5.38. The Kier molecular flexibility index (Phi) is 6.27. The Bertz CT molecular complexity index is 386. The minimum Gasteiger partial charge on any atom is -0.463 e. The van der Waals surface area contributed by atoms with Crippen LogP contribution in [0.4, 0.5) is 11.9 Å². The first-order valence-corrected chi connectivity index (χ1v) is 6.78. The van der Waals surface area contributed by atoms with Gasteiger partial charge in [-0.1, -0.05) is 13.8 Å². The summed E-state index contributed by atoms with van der Waals surface area (Å²) in [6, 6.07) is 0.651. The van der Waals surface area contributed by atoms with Crippen LogP contribution in [0.3, 0.4) is 0 Å². The fraction of sp³-hybridized carbons (Fsp3) is 0.750. The minimum atomic E-state index is 0.307. The second-order valence-electron chi connectivity index (χ2n) is 4.28. The Morgan fingerprint density at radius 3 is 2.53 bits per heavy atom. The molecule has 7 heteroatoms. The van der Waals surface area contributed by atoms with Crippen molar-refractivity contribution in [3.05, 3.63) is 0 Å². The molecule has 1 unspecified atom stereocenters. The number of nitrogens with zero attached hydrogens (tertiary/aromatic N) is 4. The van der Waals surface area contributed by atoms with Crippen molar-refractivity contribution in [1.29, 1.82) is 0 Å². The van der Waals surface area contributed by atoms with Crippen LogP contribution < -0.4 is 20.9 Å². The van der Waals surface area contributed by atoms with Gasteiger partial charge in [0.25, 0.3) is 0 Å². The quantitative estimate of drug-likeness (QED) is 0.546. The number of nitrogens with two attached hydrogens (primary N) is 1. The smallest absolute Gasteiger partial charge is 0.323 e. The number of hydrazine groups is 1. The van der Waals surface area contributed by atoms with E-state index in [4.69, 9.17) is 10.6 Å². The van der Waals surface area contributed by atoms with Crippen LogP contribution in [0.1, 0.15) is 40.5 Å². The third-order valence-electron chi connectivity index (χ3n) is 2.89. The van der Waals surface area contributed by atoms with Gasteiger partial charge in [-0.05, 0) is 26.7 Å². The van der Waals surface area contributed by atoms with Crippen molar-refractivity contribution in [2.45, 2.75) is 46.6 Å². The van der Waals surface area contributed by atoms with Gasteiger partial charge in [-0.25, -0.2) is 5.84 Å². The highest BCUT2D eigenvalue weighted by Gasteiger charge is 2.16. The van der Waals surface area contributed by atoms with Crippen molar-refractivity contribution < 1.29 is 4.74 Å². The molecule has 3 N–H and O–H groups in total. The van der Waals surface area contributed by atoms with Gasteiger partial charge in [-0.2, -0.15) is 15.0 Å². The molecule has 0 aliphatic rings. The van der Waals surface area contributed by atoms with Crippen molar-refractivity contribution in [1.82, 2.24) is 15.0 Å². The summed E-state index contributed by atoms with van der Waals surface area (Å²) in [5.74, 6) is 6.30. The lowest BCUT2D eigenvalue weighted by atomic mass is 10.2. The summed E-state index contributed by atoms with van der Waals surface area (Å²) >= 11 is 0. The zero-order valence-electron chi connectivity index (χ0n) is 12.2. The van der Waals surface area contributed by atoms with Crippen molar-refractivity contribution in [3.63, 3.8) is 0 Å². The monoisotopic (exact) mass is 268 g/mol. The van der Waals surface area contributed by atoms with Crippen molar-refractivity contribution >= 4 is 11.9 Å². The maximum atomic E-state index is 5.46. The molecule has 1 atom stereocenters. The molecule has 0 saturated heterocycles. The third-order valence-corrected chi connectivity index (χ3v) is 2.89. The van der Waals surface area contributed by atoms with Gasteiger partial charge in [0.1, 0.15) is 0 Å². The van der Waals surface area contributed by atoms with Gasteiger partial charge in [0, 0.05) is 12.6 Å². The molecule has 0 radical (unpaired) electrons. The van der Waals surface area contributed by atoms with E-state index in [1.54, 1.807) is 0 Å². The van der Waals surface area contributed by atoms with Gasteiger partial charge in [0.2, 0.25) is 11.9 Å². The Hall–Kier alpha value is -1.63. The van der Waals surface area contributed by atoms with Crippen molar-refractivity contribution in [2.75, 3.05) is 23.5 Å². The van der Waals surface area contributed by atoms with E-state index in [0.717, 1.165) is 19.4 Å². The molecule has 19 heavy (non-hydrogen) atoms. The Labute approximate surface area is 114 Å². The Balaban J connectivity index is 3.03. The van der Waals surface area contributed by atoms with Crippen LogP contribution in [-0.2, 0) is 0 Å². The van der Waals surface area contributed by atoms with E-state index in [0.29, 0.717) is 30.6 Å². The first-order valence-electron chi connectivity index (χ1n) is 6.78. The molecular formula is C12H24N6O. The number of rotatable bonds is 8. The lowest BCUT2D eigenvalue weighted by Gasteiger charge is -2.27. The summed E-state index contributed by atoms with van der Waals surface area (Å²) in [6.45, 7) is 9.75. The molecule has 0 aliphatic carbocycles. The lowest BCUT2D eigenvalue weighted by molar-refractivity contribution is 0.291. The Morgan fingerprint density at radius 1 is 1.26 bits per heavy atom. The van der Waals surface area contributed by atoms with Crippen LogP contribution in [0.25, 0.3) is 0 Å². The normalized spacial score (nSPS) is 12.1. The first kappa shape index (κ1) is 15.4. The van der Waals surface area contributed by atoms with Crippen LogP contribution >= 0.6 is 0 Å².